The Labute approximate surface area is 64.5 Å². The van der Waals surface area contributed by atoms with Gasteiger partial charge in [-0.1, -0.05) is 5.16 Å². The van der Waals surface area contributed by atoms with Crippen LogP contribution in [0.25, 0.3) is 0 Å². The molecule has 0 unspecified atom stereocenters. The standard InChI is InChI=1S/C7H9NO3/c1-2-10-7-4-3-6(5-9)8-11-7/h3-5,7H,2H2,1H3/t7-/m1/s1. The second kappa shape index (κ2) is 3.88. The topological polar surface area (TPSA) is 47.9 Å². The first-order chi connectivity index (χ1) is 5.36. The highest BCUT2D eigenvalue weighted by Gasteiger charge is 2.09. The lowest BCUT2D eigenvalue weighted by atomic mass is 10.3. The van der Waals surface area contributed by atoms with Crippen LogP contribution in [-0.4, -0.2) is 24.9 Å². The molecule has 1 heterocycles. The molecule has 0 fully saturated rings. The van der Waals surface area contributed by atoms with Crippen LogP contribution in [0, 0.1) is 0 Å². The first kappa shape index (κ1) is 7.94. The molecular formula is C7H9NO3. The predicted molar refractivity (Wildman–Crippen MR) is 39.1 cm³/mol. The number of rotatable bonds is 3. The molecule has 1 aliphatic rings. The zero-order chi connectivity index (χ0) is 8.10. The molecule has 0 spiro atoms. The number of oxime groups is 1. The molecule has 11 heavy (non-hydrogen) atoms. The second-order valence-corrected chi connectivity index (χ2v) is 1.92. The van der Waals surface area contributed by atoms with Crippen molar-refractivity contribution in [2.75, 3.05) is 6.61 Å². The van der Waals surface area contributed by atoms with Gasteiger partial charge in [0.1, 0.15) is 5.71 Å². The highest BCUT2D eigenvalue weighted by Crippen LogP contribution is 2.03. The van der Waals surface area contributed by atoms with Crippen molar-refractivity contribution in [3.8, 4) is 0 Å². The van der Waals surface area contributed by atoms with Crippen LogP contribution < -0.4 is 0 Å². The van der Waals surface area contributed by atoms with E-state index in [1.54, 1.807) is 12.2 Å². The van der Waals surface area contributed by atoms with Gasteiger partial charge in [-0.3, -0.25) is 4.79 Å². The molecule has 0 aromatic carbocycles. The number of hydrogen-bond acceptors (Lipinski definition) is 4. The number of carbonyl (C=O) groups is 1. The van der Waals surface area contributed by atoms with E-state index >= 15 is 0 Å². The second-order valence-electron chi connectivity index (χ2n) is 1.92. The minimum absolute atomic E-state index is 0.279. The largest absolute Gasteiger partial charge is 0.358 e. The Hall–Kier alpha value is -1.16. The molecule has 0 aromatic heterocycles. The molecule has 0 saturated carbocycles. The minimum Gasteiger partial charge on any atom is -0.358 e. The van der Waals surface area contributed by atoms with Gasteiger partial charge in [0.15, 0.2) is 6.29 Å². The zero-order valence-corrected chi connectivity index (χ0v) is 6.19. The normalized spacial score (nSPS) is 22.3. The van der Waals surface area contributed by atoms with E-state index in [-0.39, 0.29) is 5.71 Å². The van der Waals surface area contributed by atoms with Gasteiger partial charge in [0.05, 0.1) is 0 Å². The number of allylic oxidation sites excluding steroid dienone is 1. The Balaban J connectivity index is 2.43. The first-order valence-electron chi connectivity index (χ1n) is 3.35. The highest BCUT2D eigenvalue weighted by molar-refractivity contribution is 6.33. The molecule has 0 bridgehead atoms. The van der Waals surface area contributed by atoms with Crippen molar-refractivity contribution in [1.82, 2.24) is 0 Å². The molecule has 4 heteroatoms. The van der Waals surface area contributed by atoms with E-state index in [4.69, 9.17) is 9.57 Å². The molecule has 0 amide bonds. The summed E-state index contributed by atoms with van der Waals surface area (Å²) in [6, 6.07) is 0. The van der Waals surface area contributed by atoms with Crippen molar-refractivity contribution < 1.29 is 14.4 Å². The van der Waals surface area contributed by atoms with Crippen LogP contribution >= 0.6 is 0 Å². The summed E-state index contributed by atoms with van der Waals surface area (Å²) in [7, 11) is 0. The Morgan fingerprint density at radius 1 is 1.91 bits per heavy atom. The summed E-state index contributed by atoms with van der Waals surface area (Å²) < 4.78 is 5.04. The quantitative estimate of drug-likeness (QED) is 0.557. The molecule has 0 radical (unpaired) electrons. The highest BCUT2D eigenvalue weighted by atomic mass is 16.8. The SMILES string of the molecule is CCO[C@H]1C=CC(C=O)=NO1. The first-order valence-corrected chi connectivity index (χ1v) is 3.35. The Morgan fingerprint density at radius 3 is 3.18 bits per heavy atom. The average molecular weight is 155 g/mol. The summed E-state index contributed by atoms with van der Waals surface area (Å²) >= 11 is 0. The van der Waals surface area contributed by atoms with Crippen LogP contribution in [-0.2, 0) is 14.4 Å². The van der Waals surface area contributed by atoms with E-state index in [9.17, 15) is 4.79 Å². The van der Waals surface area contributed by atoms with Crippen molar-refractivity contribution in [2.24, 2.45) is 5.16 Å². The fourth-order valence-corrected chi connectivity index (χ4v) is 0.667. The van der Waals surface area contributed by atoms with Gasteiger partial charge in [-0.05, 0) is 19.1 Å². The lowest BCUT2D eigenvalue weighted by Gasteiger charge is -2.13. The minimum atomic E-state index is -0.441. The maximum Gasteiger partial charge on any atom is 0.246 e. The zero-order valence-electron chi connectivity index (χ0n) is 6.19. The maximum atomic E-state index is 10.1. The summed E-state index contributed by atoms with van der Waals surface area (Å²) in [4.78, 5) is 14.9. The van der Waals surface area contributed by atoms with E-state index in [1.807, 2.05) is 6.92 Å². The smallest absolute Gasteiger partial charge is 0.246 e. The van der Waals surface area contributed by atoms with Crippen LogP contribution in [0.5, 0.6) is 0 Å². The Kier molecular flexibility index (Phi) is 2.80. The van der Waals surface area contributed by atoms with Crippen LogP contribution in [0.3, 0.4) is 0 Å². The van der Waals surface area contributed by atoms with E-state index in [0.29, 0.717) is 12.9 Å². The Bertz CT molecular complexity index is 198. The fraction of sp³-hybridized carbons (Fsp3) is 0.429. The van der Waals surface area contributed by atoms with Crippen LogP contribution in [0.4, 0.5) is 0 Å². The Morgan fingerprint density at radius 2 is 2.73 bits per heavy atom. The number of ether oxygens (including phenoxy) is 1. The van der Waals surface area contributed by atoms with E-state index in [2.05, 4.69) is 5.16 Å². The summed E-state index contributed by atoms with van der Waals surface area (Å²) in [5.41, 5.74) is 0.279. The molecule has 0 aliphatic carbocycles. The van der Waals surface area contributed by atoms with Crippen LogP contribution in [0.15, 0.2) is 17.3 Å². The van der Waals surface area contributed by atoms with Gasteiger partial charge in [0.2, 0.25) is 6.29 Å². The molecule has 0 saturated heterocycles. The van der Waals surface area contributed by atoms with Gasteiger partial charge < -0.3 is 9.57 Å². The average Bonchev–Trinajstić information content (AvgIpc) is 2.07. The molecule has 1 rings (SSSR count). The molecular weight excluding hydrogens is 146 g/mol. The third kappa shape index (κ3) is 2.16. The van der Waals surface area contributed by atoms with Crippen LogP contribution in [0.2, 0.25) is 0 Å². The van der Waals surface area contributed by atoms with Crippen molar-refractivity contribution in [3.05, 3.63) is 12.2 Å². The van der Waals surface area contributed by atoms with E-state index in [0.717, 1.165) is 0 Å². The summed E-state index contributed by atoms with van der Waals surface area (Å²) in [6.45, 7) is 2.41. The molecule has 1 aliphatic heterocycles. The van der Waals surface area contributed by atoms with Crippen molar-refractivity contribution in [3.63, 3.8) is 0 Å². The summed E-state index contributed by atoms with van der Waals surface area (Å²) in [5, 5.41) is 3.48. The van der Waals surface area contributed by atoms with Gasteiger partial charge in [-0.15, -0.1) is 0 Å². The van der Waals surface area contributed by atoms with Crippen LogP contribution in [0.1, 0.15) is 6.92 Å². The van der Waals surface area contributed by atoms with E-state index < -0.39 is 6.29 Å². The monoisotopic (exact) mass is 155 g/mol. The number of carbonyl (C=O) groups excluding carboxylic acids is 1. The van der Waals surface area contributed by atoms with Gasteiger partial charge in [0.25, 0.3) is 0 Å². The fourth-order valence-electron chi connectivity index (χ4n) is 0.667. The van der Waals surface area contributed by atoms with Gasteiger partial charge >= 0.3 is 0 Å². The summed E-state index contributed by atoms with van der Waals surface area (Å²) in [5.74, 6) is 0. The molecule has 60 valence electrons. The van der Waals surface area contributed by atoms with Crippen molar-refractivity contribution in [1.29, 1.82) is 0 Å². The number of aldehydes is 1. The van der Waals surface area contributed by atoms with Crippen molar-refractivity contribution >= 4 is 12.0 Å². The molecule has 0 aromatic rings. The molecule has 4 nitrogen and oxygen atoms in total. The molecule has 0 N–H and O–H groups in total. The van der Waals surface area contributed by atoms with Gasteiger partial charge in [-0.25, -0.2) is 0 Å². The number of hydrogen-bond donors (Lipinski definition) is 0. The number of nitrogens with zero attached hydrogens (tertiary/aromatic N) is 1. The predicted octanol–water partition coefficient (Wildman–Crippen LogP) is 0.490. The lowest BCUT2D eigenvalue weighted by Crippen LogP contribution is -2.17. The molecule has 1 atom stereocenters. The van der Waals surface area contributed by atoms with E-state index in [1.165, 1.54) is 0 Å². The maximum absolute atomic E-state index is 10.1. The third-order valence-electron chi connectivity index (χ3n) is 1.14. The van der Waals surface area contributed by atoms with Crippen molar-refractivity contribution in [2.45, 2.75) is 13.2 Å². The van der Waals surface area contributed by atoms with Gasteiger partial charge in [-0.2, -0.15) is 0 Å². The lowest BCUT2D eigenvalue weighted by molar-refractivity contribution is -0.111. The summed E-state index contributed by atoms with van der Waals surface area (Å²) in [6.07, 6.45) is 3.39. The van der Waals surface area contributed by atoms with Gasteiger partial charge in [0, 0.05) is 6.61 Å². The third-order valence-corrected chi connectivity index (χ3v) is 1.14.